The Morgan fingerprint density at radius 3 is 2.82 bits per heavy atom. The number of ether oxygens (including phenoxy) is 1. The smallest absolute Gasteiger partial charge is 0.260 e. The van der Waals surface area contributed by atoms with Crippen LogP contribution in [0.5, 0.6) is 0 Å². The fourth-order valence-electron chi connectivity index (χ4n) is 2.17. The van der Waals surface area contributed by atoms with E-state index in [2.05, 4.69) is 16.5 Å². The van der Waals surface area contributed by atoms with E-state index in [0.29, 0.717) is 28.4 Å². The fourth-order valence-corrected chi connectivity index (χ4v) is 3.11. The second kappa shape index (κ2) is 5.73. The highest BCUT2D eigenvalue weighted by Gasteiger charge is 2.14. The largest absolute Gasteiger partial charge is 0.491 e. The van der Waals surface area contributed by atoms with Gasteiger partial charge in [0.05, 0.1) is 12.0 Å². The van der Waals surface area contributed by atoms with E-state index in [9.17, 15) is 9.18 Å². The van der Waals surface area contributed by atoms with Gasteiger partial charge in [-0.25, -0.2) is 9.37 Å². The summed E-state index contributed by atoms with van der Waals surface area (Å²) in [6, 6.07) is 6.02. The van der Waals surface area contributed by atoms with Crippen LogP contribution < -0.4 is 5.56 Å². The standard InChI is InChI=1S/C16H13FN2O2S/c1-3-21-9(2)14-18-15(20)13-12(8-22-16(13)19-14)10-4-6-11(17)7-5-10/h4-8H,2-3H2,1H3,(H,18,19,20). The van der Waals surface area contributed by atoms with Gasteiger partial charge in [0, 0.05) is 10.9 Å². The summed E-state index contributed by atoms with van der Waals surface area (Å²) < 4.78 is 18.3. The van der Waals surface area contributed by atoms with Crippen molar-refractivity contribution < 1.29 is 9.13 Å². The van der Waals surface area contributed by atoms with Gasteiger partial charge in [-0.3, -0.25) is 4.79 Å². The summed E-state index contributed by atoms with van der Waals surface area (Å²) in [5.41, 5.74) is 1.25. The number of thiophene rings is 1. The molecule has 3 aromatic rings. The lowest BCUT2D eigenvalue weighted by atomic mass is 10.1. The first-order chi connectivity index (χ1) is 10.6. The molecule has 3 rings (SSSR count). The molecule has 1 aromatic carbocycles. The molecule has 0 unspecified atom stereocenters. The normalized spacial score (nSPS) is 10.8. The molecule has 0 fully saturated rings. The molecule has 0 aliphatic heterocycles. The zero-order valence-electron chi connectivity index (χ0n) is 11.9. The Morgan fingerprint density at radius 1 is 1.41 bits per heavy atom. The predicted octanol–water partition coefficient (Wildman–Crippen LogP) is 3.80. The number of rotatable bonds is 4. The highest BCUT2D eigenvalue weighted by Crippen LogP contribution is 2.31. The molecule has 0 spiro atoms. The van der Waals surface area contributed by atoms with Gasteiger partial charge in [-0.1, -0.05) is 18.7 Å². The Bertz CT molecular complexity index is 897. The zero-order chi connectivity index (χ0) is 15.7. The van der Waals surface area contributed by atoms with E-state index in [1.165, 1.54) is 23.5 Å². The van der Waals surface area contributed by atoms with Crippen LogP contribution in [0.3, 0.4) is 0 Å². The number of H-pyrrole nitrogens is 1. The monoisotopic (exact) mass is 316 g/mol. The van der Waals surface area contributed by atoms with Crippen molar-refractivity contribution in [2.45, 2.75) is 6.92 Å². The lowest BCUT2D eigenvalue weighted by Crippen LogP contribution is -2.11. The van der Waals surface area contributed by atoms with Crippen LogP contribution in [0.15, 0.2) is 41.0 Å². The lowest BCUT2D eigenvalue weighted by Gasteiger charge is -2.05. The first-order valence-electron chi connectivity index (χ1n) is 6.69. The average Bonchev–Trinajstić information content (AvgIpc) is 2.93. The first kappa shape index (κ1) is 14.5. The highest BCUT2D eigenvalue weighted by molar-refractivity contribution is 7.17. The summed E-state index contributed by atoms with van der Waals surface area (Å²) in [4.78, 5) is 20.0. The molecule has 2 heterocycles. The molecular weight excluding hydrogens is 303 g/mol. The van der Waals surface area contributed by atoms with E-state index in [-0.39, 0.29) is 11.4 Å². The summed E-state index contributed by atoms with van der Waals surface area (Å²) in [5.74, 6) is 0.343. The van der Waals surface area contributed by atoms with E-state index >= 15 is 0 Å². The Balaban J connectivity index is 2.14. The van der Waals surface area contributed by atoms with Gasteiger partial charge in [0.15, 0.2) is 11.6 Å². The Labute approximate surface area is 129 Å². The minimum Gasteiger partial charge on any atom is -0.491 e. The van der Waals surface area contributed by atoms with Crippen LogP contribution in [0.4, 0.5) is 4.39 Å². The SMILES string of the molecule is C=C(OCC)c1nc2scc(-c3ccc(F)cc3)c2c(=O)[nH]1. The van der Waals surface area contributed by atoms with Gasteiger partial charge in [0.25, 0.3) is 5.56 Å². The van der Waals surface area contributed by atoms with Crippen molar-refractivity contribution in [3.05, 3.63) is 58.2 Å². The van der Waals surface area contributed by atoms with Crippen molar-refractivity contribution in [2.24, 2.45) is 0 Å². The minimum absolute atomic E-state index is 0.263. The summed E-state index contributed by atoms with van der Waals surface area (Å²) in [5, 5.41) is 2.33. The van der Waals surface area contributed by atoms with Crippen molar-refractivity contribution >= 4 is 27.3 Å². The lowest BCUT2D eigenvalue weighted by molar-refractivity contribution is 0.296. The quantitative estimate of drug-likeness (QED) is 0.745. The number of nitrogens with zero attached hydrogens (tertiary/aromatic N) is 1. The van der Waals surface area contributed by atoms with E-state index in [0.717, 1.165) is 11.1 Å². The van der Waals surface area contributed by atoms with Crippen LogP contribution in [0.25, 0.3) is 27.1 Å². The van der Waals surface area contributed by atoms with Crippen molar-refractivity contribution in [1.29, 1.82) is 0 Å². The topological polar surface area (TPSA) is 55.0 Å². The maximum Gasteiger partial charge on any atom is 0.260 e. The molecule has 0 saturated carbocycles. The molecule has 0 bridgehead atoms. The molecule has 0 atom stereocenters. The third-order valence-corrected chi connectivity index (χ3v) is 4.05. The van der Waals surface area contributed by atoms with Crippen molar-refractivity contribution in [2.75, 3.05) is 6.61 Å². The Hall–Kier alpha value is -2.47. The summed E-state index contributed by atoms with van der Waals surface area (Å²) in [6.45, 7) is 6.03. The molecule has 2 aromatic heterocycles. The van der Waals surface area contributed by atoms with E-state index in [4.69, 9.17) is 4.74 Å². The van der Waals surface area contributed by atoms with Crippen molar-refractivity contribution in [3.63, 3.8) is 0 Å². The van der Waals surface area contributed by atoms with Crippen LogP contribution >= 0.6 is 11.3 Å². The van der Waals surface area contributed by atoms with Crippen LogP contribution in [-0.4, -0.2) is 16.6 Å². The number of fused-ring (bicyclic) bond motifs is 1. The van der Waals surface area contributed by atoms with Gasteiger partial charge in [-0.15, -0.1) is 11.3 Å². The third-order valence-electron chi connectivity index (χ3n) is 3.18. The van der Waals surface area contributed by atoms with Gasteiger partial charge in [0.1, 0.15) is 10.6 Å². The minimum atomic E-state index is -0.314. The van der Waals surface area contributed by atoms with Crippen LogP contribution in [0, 0.1) is 5.82 Å². The second-order valence-corrected chi connectivity index (χ2v) is 5.47. The molecular formula is C16H13FN2O2S. The van der Waals surface area contributed by atoms with E-state index < -0.39 is 0 Å². The molecule has 0 saturated heterocycles. The summed E-state index contributed by atoms with van der Waals surface area (Å²) >= 11 is 1.36. The summed E-state index contributed by atoms with van der Waals surface area (Å²) in [7, 11) is 0. The average molecular weight is 316 g/mol. The first-order valence-corrected chi connectivity index (χ1v) is 7.57. The predicted molar refractivity (Wildman–Crippen MR) is 86.3 cm³/mol. The molecule has 0 aliphatic rings. The summed E-state index contributed by atoms with van der Waals surface area (Å²) in [6.07, 6.45) is 0. The van der Waals surface area contributed by atoms with Gasteiger partial charge in [-0.2, -0.15) is 0 Å². The highest BCUT2D eigenvalue weighted by atomic mass is 32.1. The molecule has 112 valence electrons. The fraction of sp³-hybridized carbons (Fsp3) is 0.125. The number of hydrogen-bond donors (Lipinski definition) is 1. The van der Waals surface area contributed by atoms with Crippen molar-refractivity contribution in [3.8, 4) is 11.1 Å². The number of benzene rings is 1. The maximum absolute atomic E-state index is 13.0. The third kappa shape index (κ3) is 2.53. The maximum atomic E-state index is 13.0. The second-order valence-electron chi connectivity index (χ2n) is 4.61. The number of halogens is 1. The molecule has 0 radical (unpaired) electrons. The van der Waals surface area contributed by atoms with Gasteiger partial charge in [-0.05, 0) is 24.6 Å². The Morgan fingerprint density at radius 2 is 2.14 bits per heavy atom. The van der Waals surface area contributed by atoms with Crippen LogP contribution in [0.2, 0.25) is 0 Å². The van der Waals surface area contributed by atoms with Crippen LogP contribution in [0.1, 0.15) is 12.7 Å². The molecule has 0 amide bonds. The van der Waals surface area contributed by atoms with Gasteiger partial charge < -0.3 is 9.72 Å². The van der Waals surface area contributed by atoms with Gasteiger partial charge in [0.2, 0.25) is 0 Å². The number of aromatic nitrogens is 2. The van der Waals surface area contributed by atoms with E-state index in [1.54, 1.807) is 12.1 Å². The molecule has 22 heavy (non-hydrogen) atoms. The van der Waals surface area contributed by atoms with E-state index in [1.807, 2.05) is 12.3 Å². The zero-order valence-corrected chi connectivity index (χ0v) is 12.7. The number of aromatic amines is 1. The van der Waals surface area contributed by atoms with Crippen LogP contribution in [-0.2, 0) is 4.74 Å². The van der Waals surface area contributed by atoms with Gasteiger partial charge >= 0.3 is 0 Å². The molecule has 0 aliphatic carbocycles. The number of hydrogen-bond acceptors (Lipinski definition) is 4. The molecule has 1 N–H and O–H groups in total. The number of nitrogens with one attached hydrogen (secondary N) is 1. The van der Waals surface area contributed by atoms with Crippen molar-refractivity contribution in [1.82, 2.24) is 9.97 Å². The molecule has 4 nitrogen and oxygen atoms in total. The Kier molecular flexibility index (Phi) is 3.77. The molecule has 6 heteroatoms.